The van der Waals surface area contributed by atoms with Gasteiger partial charge >= 0.3 is 35.1 Å². The van der Waals surface area contributed by atoms with Crippen molar-refractivity contribution in [2.75, 3.05) is 0 Å². The topological polar surface area (TPSA) is 57.2 Å². The lowest BCUT2D eigenvalue weighted by Crippen LogP contribution is -2.71. The number of alkyl halides is 13. The van der Waals surface area contributed by atoms with Crippen LogP contribution < -0.4 is 0 Å². The summed E-state index contributed by atoms with van der Waals surface area (Å²) in [5, 5.41) is -7.63. The number of halogens is 15. The third-order valence-electron chi connectivity index (χ3n) is 5.30. The van der Waals surface area contributed by atoms with E-state index in [4.69, 9.17) is 0 Å². The van der Waals surface area contributed by atoms with E-state index in [-0.39, 0.29) is 22.5 Å². The first-order chi connectivity index (χ1) is 19.7. The summed E-state index contributed by atoms with van der Waals surface area (Å²) >= 11 is 0. The summed E-state index contributed by atoms with van der Waals surface area (Å²) in [6, 6.07) is 23.0. The van der Waals surface area contributed by atoms with Gasteiger partial charge in [-0.05, 0) is 60.7 Å². The summed E-state index contributed by atoms with van der Waals surface area (Å²) in [7, 11) is -8.22. The van der Waals surface area contributed by atoms with Gasteiger partial charge in [-0.3, -0.25) is 0 Å². The van der Waals surface area contributed by atoms with Crippen LogP contribution in [0.3, 0.4) is 0 Å². The first-order valence-electron chi connectivity index (χ1n) is 11.0. The van der Waals surface area contributed by atoms with Crippen LogP contribution in [0.15, 0.2) is 93.5 Å². The summed E-state index contributed by atoms with van der Waals surface area (Å²) in [6.45, 7) is 0. The van der Waals surface area contributed by atoms with Gasteiger partial charge in [-0.1, -0.05) is 18.2 Å². The van der Waals surface area contributed by atoms with Gasteiger partial charge in [-0.15, -0.1) is 0 Å². The maximum Gasteiger partial charge on any atom is 0.460 e. The van der Waals surface area contributed by atoms with Gasteiger partial charge in [0.25, 0.3) is 0 Å². The Balaban J connectivity index is 0.000000307. The van der Waals surface area contributed by atoms with Crippen molar-refractivity contribution < 1.29 is 78.8 Å². The maximum absolute atomic E-state index is 13.2. The molecule has 0 aliphatic rings. The Morgan fingerprint density at radius 3 is 1.11 bits per heavy atom. The molecule has 3 aromatic rings. The molecule has 0 unspecified atom stereocenters. The third kappa shape index (κ3) is 6.75. The highest BCUT2D eigenvalue weighted by Crippen LogP contribution is 2.60. The van der Waals surface area contributed by atoms with Gasteiger partial charge in [-0.2, -0.15) is 57.1 Å². The average molecular weight is 698 g/mol. The minimum absolute atomic E-state index is 0.255. The molecule has 0 N–H and O–H groups in total. The predicted octanol–water partition coefficient (Wildman–Crippen LogP) is 8.29. The maximum atomic E-state index is 13.2. The van der Waals surface area contributed by atoms with Crippen molar-refractivity contribution in [3.05, 3.63) is 90.5 Å². The molecular weight excluding hydrogens is 685 g/mol. The lowest BCUT2D eigenvalue weighted by molar-refractivity contribution is -0.433. The van der Waals surface area contributed by atoms with Crippen LogP contribution in [0.5, 0.6) is 0 Å². The molecule has 3 aromatic carbocycles. The summed E-state index contributed by atoms with van der Waals surface area (Å²) in [4.78, 5) is 3.14. The molecule has 0 fully saturated rings. The standard InChI is InChI=1S/C18H13F2S.C6HF13O3S/c19-14-6-10-17(11-7-14)21(16-4-2-1-3-5-16)18-12-8-15(20)9-13-18;7-1(8,3(11,12)5(15,16)17)2(9,10)4(13,14)6(18,19)23(20,21)22/h1-13H;(H,20,21,22)/q+1;/p-1. The van der Waals surface area contributed by atoms with Crippen LogP contribution >= 0.6 is 0 Å². The molecule has 0 spiro atoms. The molecule has 0 saturated carbocycles. The highest BCUT2D eigenvalue weighted by atomic mass is 32.2. The van der Waals surface area contributed by atoms with Gasteiger partial charge in [-0.25, -0.2) is 17.2 Å². The molecule has 0 aliphatic carbocycles. The van der Waals surface area contributed by atoms with Crippen molar-refractivity contribution in [3.63, 3.8) is 0 Å². The second-order valence-electron chi connectivity index (χ2n) is 8.29. The van der Waals surface area contributed by atoms with Crippen LogP contribution in [-0.2, 0) is 21.0 Å². The molecule has 0 radical (unpaired) electrons. The lowest BCUT2D eigenvalue weighted by atomic mass is 9.98. The highest BCUT2D eigenvalue weighted by Gasteiger charge is 2.91. The molecule has 3 nitrogen and oxygen atoms in total. The summed E-state index contributed by atoms with van der Waals surface area (Å²) in [5.74, 6) is -33.1. The van der Waals surface area contributed by atoms with Crippen LogP contribution in [0.2, 0.25) is 0 Å². The number of hydrogen-bond acceptors (Lipinski definition) is 3. The van der Waals surface area contributed by atoms with E-state index in [1.54, 1.807) is 24.3 Å². The van der Waals surface area contributed by atoms with Crippen LogP contribution in [-0.4, -0.2) is 48.1 Å². The van der Waals surface area contributed by atoms with E-state index < -0.39 is 45.2 Å². The predicted molar refractivity (Wildman–Crippen MR) is 122 cm³/mol. The van der Waals surface area contributed by atoms with Gasteiger partial charge in [0.15, 0.2) is 24.8 Å². The van der Waals surface area contributed by atoms with E-state index in [1.807, 2.05) is 30.3 Å². The first kappa shape index (κ1) is 37.1. The van der Waals surface area contributed by atoms with E-state index in [0.717, 1.165) is 14.7 Å². The van der Waals surface area contributed by atoms with Crippen molar-refractivity contribution in [2.45, 2.75) is 49.8 Å². The van der Waals surface area contributed by atoms with Gasteiger partial charge < -0.3 is 4.55 Å². The Labute approximate surface area is 240 Å². The zero-order valence-corrected chi connectivity index (χ0v) is 22.3. The van der Waals surface area contributed by atoms with E-state index >= 15 is 0 Å². The van der Waals surface area contributed by atoms with Crippen molar-refractivity contribution in [2.24, 2.45) is 0 Å². The minimum atomic E-state index is -8.29. The fourth-order valence-corrected chi connectivity index (χ4v) is 5.52. The molecule has 0 amide bonds. The van der Waals surface area contributed by atoms with Crippen molar-refractivity contribution in [1.82, 2.24) is 0 Å². The molecule has 244 valence electrons. The molecule has 0 atom stereocenters. The summed E-state index contributed by atoms with van der Waals surface area (Å²) in [6.07, 6.45) is -7.61. The molecule has 20 heteroatoms. The molecule has 0 saturated heterocycles. The zero-order valence-electron chi connectivity index (χ0n) is 20.7. The Morgan fingerprint density at radius 2 is 0.795 bits per heavy atom. The molecule has 0 bridgehead atoms. The van der Waals surface area contributed by atoms with Crippen molar-refractivity contribution >= 4 is 21.0 Å². The minimum Gasteiger partial charge on any atom is -0.743 e. The van der Waals surface area contributed by atoms with Gasteiger partial charge in [0.1, 0.15) is 11.6 Å². The van der Waals surface area contributed by atoms with Crippen LogP contribution in [0.25, 0.3) is 0 Å². The highest BCUT2D eigenvalue weighted by molar-refractivity contribution is 7.97. The van der Waals surface area contributed by atoms with Crippen molar-refractivity contribution in [1.29, 1.82) is 0 Å². The van der Waals surface area contributed by atoms with Crippen LogP contribution in [0, 0.1) is 11.6 Å². The molecule has 44 heavy (non-hydrogen) atoms. The Kier molecular flexibility index (Phi) is 10.4. The molecule has 0 aromatic heterocycles. The first-order valence-corrected chi connectivity index (χ1v) is 13.6. The lowest BCUT2D eigenvalue weighted by Gasteiger charge is -2.39. The summed E-state index contributed by atoms with van der Waals surface area (Å²) in [5.41, 5.74) is 0. The second kappa shape index (κ2) is 12.3. The van der Waals surface area contributed by atoms with E-state index in [2.05, 4.69) is 0 Å². The van der Waals surface area contributed by atoms with Crippen molar-refractivity contribution in [3.8, 4) is 0 Å². The molecule has 3 rings (SSSR count). The van der Waals surface area contributed by atoms with E-state index in [0.29, 0.717) is 0 Å². The molecule has 0 heterocycles. The Hall–Kier alpha value is -3.13. The zero-order chi connectivity index (χ0) is 34.2. The van der Waals surface area contributed by atoms with Gasteiger partial charge in [0.2, 0.25) is 0 Å². The monoisotopic (exact) mass is 698 g/mol. The van der Waals surface area contributed by atoms with Crippen LogP contribution in [0.1, 0.15) is 0 Å². The van der Waals surface area contributed by atoms with Gasteiger partial charge in [0.05, 0.1) is 10.9 Å². The number of benzene rings is 3. The summed E-state index contributed by atoms with van der Waals surface area (Å²) < 4.78 is 215. The normalized spacial score (nSPS) is 13.8. The third-order valence-corrected chi connectivity index (χ3v) is 8.41. The van der Waals surface area contributed by atoms with E-state index in [9.17, 15) is 78.8 Å². The fourth-order valence-electron chi connectivity index (χ4n) is 3.02. The van der Waals surface area contributed by atoms with Gasteiger partial charge in [0, 0.05) is 0 Å². The Bertz CT molecular complexity index is 1460. The smallest absolute Gasteiger partial charge is 0.460 e. The average Bonchev–Trinajstić information content (AvgIpc) is 2.90. The Morgan fingerprint density at radius 1 is 0.477 bits per heavy atom. The quantitative estimate of drug-likeness (QED) is 0.135. The SMILES string of the molecule is Fc1ccc([S+](c2ccccc2)c2ccc(F)cc2)cc1.O=S(=O)([O-])C(F)(F)C(F)(F)C(F)(F)C(F)(F)C(F)(F)C(F)(F)F. The van der Waals surface area contributed by atoms with Crippen LogP contribution in [0.4, 0.5) is 65.9 Å². The fraction of sp³-hybridized carbons (Fsp3) is 0.250. The number of rotatable bonds is 8. The largest absolute Gasteiger partial charge is 0.743 e. The van der Waals surface area contributed by atoms with E-state index in [1.165, 1.54) is 24.3 Å². The number of hydrogen-bond donors (Lipinski definition) is 0. The second-order valence-corrected chi connectivity index (χ2v) is 11.7. The molecular formula is C24H13F15O3S2. The molecule has 0 aliphatic heterocycles.